The van der Waals surface area contributed by atoms with Crippen LogP contribution in [0.25, 0.3) is 10.8 Å². The van der Waals surface area contributed by atoms with Crippen molar-refractivity contribution in [3.05, 3.63) is 114 Å². The van der Waals surface area contributed by atoms with Gasteiger partial charge in [-0.1, -0.05) is 84.9 Å². The van der Waals surface area contributed by atoms with Crippen LogP contribution in [0, 0.1) is 0 Å². The van der Waals surface area contributed by atoms with Gasteiger partial charge in [0.05, 0.1) is 30.4 Å². The van der Waals surface area contributed by atoms with Crippen LogP contribution in [-0.2, 0) is 21.0 Å². The fourth-order valence-electron chi connectivity index (χ4n) is 4.73. The maximum absolute atomic E-state index is 13.8. The molecule has 0 saturated carbocycles. The van der Waals surface area contributed by atoms with Gasteiger partial charge < -0.3 is 14.6 Å². The molecule has 0 spiro atoms. The van der Waals surface area contributed by atoms with Crippen molar-refractivity contribution in [1.82, 2.24) is 9.21 Å². The zero-order valence-electron chi connectivity index (χ0n) is 19.6. The standard InChI is InChI=1S/C29H26N2O4S/c32-28(27(22-10-3-1-4-11-22)23-12-5-2-6-13-23)30-17-18-31(26(20-30)29(33)34)36(35)25-16-15-21-9-7-8-14-24(21)19-25/h1-16,19,26-27H,17-18,20H2,(H,33,34). The van der Waals surface area contributed by atoms with Gasteiger partial charge in [0.2, 0.25) is 5.91 Å². The van der Waals surface area contributed by atoms with Crippen molar-refractivity contribution in [2.45, 2.75) is 16.9 Å². The Labute approximate surface area is 213 Å². The van der Waals surface area contributed by atoms with Crippen LogP contribution in [-0.4, -0.2) is 56.4 Å². The molecule has 0 aromatic heterocycles. The second-order valence-corrected chi connectivity index (χ2v) is 10.2. The van der Waals surface area contributed by atoms with E-state index < -0.39 is 29.3 Å². The van der Waals surface area contributed by atoms with Gasteiger partial charge >= 0.3 is 5.97 Å². The predicted molar refractivity (Wildman–Crippen MR) is 140 cm³/mol. The number of piperazine rings is 1. The number of nitrogens with zero attached hydrogens (tertiary/aromatic N) is 2. The molecule has 7 heteroatoms. The number of hydrogen-bond donors (Lipinski definition) is 1. The molecule has 1 N–H and O–H groups in total. The zero-order chi connectivity index (χ0) is 25.1. The number of amides is 1. The number of carboxylic acid groups (broad SMARTS) is 1. The van der Waals surface area contributed by atoms with E-state index in [0.29, 0.717) is 4.90 Å². The number of hydrogen-bond acceptors (Lipinski definition) is 4. The first-order valence-corrected chi connectivity index (χ1v) is 12.9. The second-order valence-electron chi connectivity index (χ2n) is 8.79. The van der Waals surface area contributed by atoms with Crippen molar-refractivity contribution in [1.29, 1.82) is 0 Å². The molecule has 182 valence electrons. The molecule has 5 rings (SSSR count). The van der Waals surface area contributed by atoms with E-state index in [-0.39, 0.29) is 25.5 Å². The summed E-state index contributed by atoms with van der Waals surface area (Å²) in [5.41, 5.74) is 1.70. The van der Waals surface area contributed by atoms with Crippen molar-refractivity contribution in [3.63, 3.8) is 0 Å². The molecule has 6 nitrogen and oxygen atoms in total. The van der Waals surface area contributed by atoms with Gasteiger partial charge in [-0.2, -0.15) is 0 Å². The molecule has 2 unspecified atom stereocenters. The molecular formula is C29H26N2O4S. The minimum absolute atomic E-state index is 0.0380. The van der Waals surface area contributed by atoms with E-state index in [1.807, 2.05) is 97.1 Å². The summed E-state index contributed by atoms with van der Waals surface area (Å²) < 4.78 is 15.0. The predicted octanol–water partition coefficient (Wildman–Crippen LogP) is 4.29. The van der Waals surface area contributed by atoms with Crippen molar-refractivity contribution >= 4 is 34.0 Å². The van der Waals surface area contributed by atoms with E-state index in [1.54, 1.807) is 11.0 Å². The van der Waals surface area contributed by atoms with Gasteiger partial charge in [0.1, 0.15) is 0 Å². The van der Waals surface area contributed by atoms with Crippen LogP contribution < -0.4 is 0 Å². The summed E-state index contributed by atoms with van der Waals surface area (Å²) in [6, 6.07) is 31.2. The van der Waals surface area contributed by atoms with Gasteiger partial charge in [-0.3, -0.25) is 9.59 Å². The second kappa shape index (κ2) is 10.5. The van der Waals surface area contributed by atoms with E-state index in [2.05, 4.69) is 0 Å². The third-order valence-corrected chi connectivity index (χ3v) is 8.10. The number of carbonyl (C=O) groups excluding carboxylic acids is 1. The largest absolute Gasteiger partial charge is 0.593 e. The summed E-state index contributed by atoms with van der Waals surface area (Å²) in [6.45, 7) is 0.445. The summed E-state index contributed by atoms with van der Waals surface area (Å²) in [4.78, 5) is 28.2. The monoisotopic (exact) mass is 498 g/mol. The van der Waals surface area contributed by atoms with Gasteiger partial charge in [0.15, 0.2) is 10.9 Å². The van der Waals surface area contributed by atoms with Gasteiger partial charge in [0, 0.05) is 12.6 Å². The molecule has 4 aromatic carbocycles. The molecule has 4 aromatic rings. The van der Waals surface area contributed by atoms with Gasteiger partial charge in [0.25, 0.3) is 0 Å². The van der Waals surface area contributed by atoms with Crippen LogP contribution in [0.4, 0.5) is 0 Å². The highest BCUT2D eigenvalue weighted by Crippen LogP contribution is 2.30. The highest BCUT2D eigenvalue weighted by atomic mass is 32.2. The van der Waals surface area contributed by atoms with E-state index >= 15 is 0 Å². The lowest BCUT2D eigenvalue weighted by atomic mass is 9.89. The fraction of sp³-hybridized carbons (Fsp3) is 0.172. The van der Waals surface area contributed by atoms with Crippen LogP contribution in [0.2, 0.25) is 0 Å². The lowest BCUT2D eigenvalue weighted by molar-refractivity contribution is -0.145. The Morgan fingerprint density at radius 1 is 0.806 bits per heavy atom. The summed E-state index contributed by atoms with van der Waals surface area (Å²) in [5.74, 6) is -1.80. The lowest BCUT2D eigenvalue weighted by Gasteiger charge is -2.39. The number of carboxylic acids is 1. The fourth-order valence-corrected chi connectivity index (χ4v) is 6.05. The van der Waals surface area contributed by atoms with Gasteiger partial charge in [-0.05, 0) is 34.0 Å². The van der Waals surface area contributed by atoms with Crippen LogP contribution >= 0.6 is 0 Å². The topological polar surface area (TPSA) is 83.9 Å². The maximum atomic E-state index is 13.8. The van der Waals surface area contributed by atoms with Crippen molar-refractivity contribution < 1.29 is 19.2 Å². The molecular weight excluding hydrogens is 472 g/mol. The summed E-state index contributed by atoms with van der Waals surface area (Å²) >= 11 is -1.67. The molecule has 1 amide bonds. The molecule has 36 heavy (non-hydrogen) atoms. The Kier molecular flexibility index (Phi) is 7.04. The van der Waals surface area contributed by atoms with E-state index in [0.717, 1.165) is 21.9 Å². The Morgan fingerprint density at radius 3 is 2.00 bits per heavy atom. The smallest absolute Gasteiger partial charge is 0.327 e. The maximum Gasteiger partial charge on any atom is 0.327 e. The minimum atomic E-state index is -1.67. The molecule has 1 heterocycles. The first kappa shape index (κ1) is 24.1. The minimum Gasteiger partial charge on any atom is -0.593 e. The summed E-state index contributed by atoms with van der Waals surface area (Å²) in [6.07, 6.45) is 0. The first-order valence-electron chi connectivity index (χ1n) is 11.8. The van der Waals surface area contributed by atoms with Crippen molar-refractivity contribution in [2.75, 3.05) is 19.6 Å². The molecule has 2 atom stereocenters. The third-order valence-electron chi connectivity index (χ3n) is 6.58. The van der Waals surface area contributed by atoms with Crippen LogP contribution in [0.5, 0.6) is 0 Å². The Hall–Kier alpha value is -3.65. The van der Waals surface area contributed by atoms with E-state index in [4.69, 9.17) is 0 Å². The number of rotatable bonds is 6. The van der Waals surface area contributed by atoms with Gasteiger partial charge in [-0.25, -0.2) is 0 Å². The average Bonchev–Trinajstić information content (AvgIpc) is 2.93. The SMILES string of the molecule is O=C(O)C1CN(C(=O)C(c2ccccc2)c2ccccc2)CCN1[S+]([O-])c1ccc2ccccc2c1. The highest BCUT2D eigenvalue weighted by Gasteiger charge is 2.43. The van der Waals surface area contributed by atoms with Crippen LogP contribution in [0.15, 0.2) is 108 Å². The molecule has 1 aliphatic heterocycles. The van der Waals surface area contributed by atoms with Crippen LogP contribution in [0.1, 0.15) is 17.0 Å². The molecule has 0 bridgehead atoms. The summed E-state index contributed by atoms with van der Waals surface area (Å²) in [5, 5.41) is 12.0. The van der Waals surface area contributed by atoms with Crippen molar-refractivity contribution in [3.8, 4) is 0 Å². The summed E-state index contributed by atoms with van der Waals surface area (Å²) in [7, 11) is 0. The van der Waals surface area contributed by atoms with Crippen molar-refractivity contribution in [2.24, 2.45) is 0 Å². The first-order chi connectivity index (χ1) is 17.5. The number of carbonyl (C=O) groups is 2. The van der Waals surface area contributed by atoms with Crippen LogP contribution in [0.3, 0.4) is 0 Å². The molecule has 0 aliphatic carbocycles. The number of benzene rings is 4. The third kappa shape index (κ3) is 4.86. The normalized spacial score (nSPS) is 17.3. The van der Waals surface area contributed by atoms with Gasteiger partial charge in [-0.15, -0.1) is 4.31 Å². The molecule has 1 fully saturated rings. The highest BCUT2D eigenvalue weighted by molar-refractivity contribution is 7.89. The molecule has 0 radical (unpaired) electrons. The Bertz CT molecular complexity index is 1330. The Morgan fingerprint density at radius 2 is 1.39 bits per heavy atom. The Balaban J connectivity index is 1.40. The average molecular weight is 499 g/mol. The number of fused-ring (bicyclic) bond motifs is 1. The van der Waals surface area contributed by atoms with E-state index in [1.165, 1.54) is 4.31 Å². The van der Waals surface area contributed by atoms with E-state index in [9.17, 15) is 19.2 Å². The molecule has 1 saturated heterocycles. The number of aliphatic carboxylic acids is 1. The zero-order valence-corrected chi connectivity index (χ0v) is 20.4. The quantitative estimate of drug-likeness (QED) is 0.401. The lowest BCUT2D eigenvalue weighted by Crippen LogP contribution is -2.59. The molecule has 1 aliphatic rings.